The highest BCUT2D eigenvalue weighted by Gasteiger charge is 2.23. The van der Waals surface area contributed by atoms with Gasteiger partial charge in [0.05, 0.1) is 6.42 Å². The van der Waals surface area contributed by atoms with Crippen molar-refractivity contribution in [2.45, 2.75) is 31.6 Å². The van der Waals surface area contributed by atoms with Gasteiger partial charge in [0.25, 0.3) is 0 Å². The number of benzene rings is 1. The Kier molecular flexibility index (Phi) is 5.17. The zero-order valence-corrected chi connectivity index (χ0v) is 12.8. The zero-order valence-electron chi connectivity index (χ0n) is 11.2. The summed E-state index contributed by atoms with van der Waals surface area (Å²) in [6.07, 6.45) is 1.91. The second kappa shape index (κ2) is 6.88. The number of aliphatic carboxylic acids is 1. The Balaban J connectivity index is 1.86. The molecule has 0 bridgehead atoms. The number of hydrogen-bond acceptors (Lipinski definition) is 2. The van der Waals surface area contributed by atoms with Crippen molar-refractivity contribution in [1.29, 1.82) is 0 Å². The fourth-order valence-corrected chi connectivity index (χ4v) is 3.01. The summed E-state index contributed by atoms with van der Waals surface area (Å²) < 4.78 is 1.08. The smallest absolute Gasteiger partial charge is 0.303 e. The van der Waals surface area contributed by atoms with Crippen molar-refractivity contribution in [3.8, 4) is 0 Å². The van der Waals surface area contributed by atoms with Gasteiger partial charge < -0.3 is 10.0 Å². The van der Waals surface area contributed by atoms with Crippen molar-refractivity contribution in [1.82, 2.24) is 4.90 Å². The number of nitrogens with zero attached hydrogens (tertiary/aromatic N) is 1. The Morgan fingerprint density at radius 1 is 1.25 bits per heavy atom. The van der Waals surface area contributed by atoms with E-state index in [1.54, 1.807) is 4.90 Å². The minimum atomic E-state index is -0.914. The van der Waals surface area contributed by atoms with Gasteiger partial charge in [-0.15, -0.1) is 0 Å². The van der Waals surface area contributed by atoms with E-state index in [1.807, 2.05) is 12.1 Å². The lowest BCUT2D eigenvalue weighted by molar-refractivity contribution is -0.141. The predicted molar refractivity (Wildman–Crippen MR) is 79.6 cm³/mol. The lowest BCUT2D eigenvalue weighted by atomic mass is 9.89. The minimum absolute atomic E-state index is 0.0416. The molecule has 4 nitrogen and oxygen atoms in total. The highest BCUT2D eigenvalue weighted by molar-refractivity contribution is 9.10. The third-order valence-electron chi connectivity index (χ3n) is 3.72. The molecular weight excluding hydrogens is 322 g/mol. The summed E-state index contributed by atoms with van der Waals surface area (Å²) in [6.45, 7) is 1.44. The summed E-state index contributed by atoms with van der Waals surface area (Å²) in [4.78, 5) is 24.1. The van der Waals surface area contributed by atoms with Crippen LogP contribution in [-0.4, -0.2) is 35.0 Å². The average molecular weight is 340 g/mol. The Morgan fingerprint density at radius 3 is 2.55 bits per heavy atom. The number of carbonyl (C=O) groups excluding carboxylic acids is 1. The number of carboxylic acids is 1. The predicted octanol–water partition coefficient (Wildman–Crippen LogP) is 3.02. The first-order chi connectivity index (χ1) is 9.56. The zero-order chi connectivity index (χ0) is 14.5. The summed E-state index contributed by atoms with van der Waals surface area (Å²) in [5, 5.41) is 8.60. The SMILES string of the molecule is O=C(O)CCC(=O)N1CCC(c2cccc(Br)c2)CC1. The molecule has 0 atom stereocenters. The second-order valence-corrected chi connectivity index (χ2v) is 6.02. The van der Waals surface area contributed by atoms with Crippen molar-refractivity contribution >= 4 is 27.8 Å². The fraction of sp³-hybridized carbons (Fsp3) is 0.467. The van der Waals surface area contributed by atoms with Crippen molar-refractivity contribution in [2.24, 2.45) is 0 Å². The molecule has 1 fully saturated rings. The first kappa shape index (κ1) is 15.0. The molecule has 0 radical (unpaired) electrons. The topological polar surface area (TPSA) is 57.6 Å². The standard InChI is InChI=1S/C15H18BrNO3/c16-13-3-1-2-12(10-13)11-6-8-17(9-7-11)14(18)4-5-15(19)20/h1-3,10-11H,4-9H2,(H,19,20). The molecule has 1 N–H and O–H groups in total. The molecule has 0 unspecified atom stereocenters. The molecule has 1 aromatic rings. The molecule has 1 amide bonds. The average Bonchev–Trinajstić information content (AvgIpc) is 2.45. The van der Waals surface area contributed by atoms with Crippen LogP contribution in [0.25, 0.3) is 0 Å². The van der Waals surface area contributed by atoms with E-state index < -0.39 is 5.97 Å². The van der Waals surface area contributed by atoms with Crippen LogP contribution < -0.4 is 0 Å². The van der Waals surface area contributed by atoms with Crippen molar-refractivity contribution in [3.05, 3.63) is 34.3 Å². The van der Waals surface area contributed by atoms with Crippen LogP contribution in [0.4, 0.5) is 0 Å². The van der Waals surface area contributed by atoms with E-state index in [9.17, 15) is 9.59 Å². The van der Waals surface area contributed by atoms with Crippen LogP contribution in [0.3, 0.4) is 0 Å². The number of carboxylic acid groups (broad SMARTS) is 1. The number of piperidine rings is 1. The molecule has 1 aromatic carbocycles. The third kappa shape index (κ3) is 4.07. The van der Waals surface area contributed by atoms with E-state index in [2.05, 4.69) is 28.1 Å². The molecule has 1 aliphatic heterocycles. The number of amides is 1. The van der Waals surface area contributed by atoms with Gasteiger partial charge in [0.2, 0.25) is 5.91 Å². The maximum atomic E-state index is 11.9. The fourth-order valence-electron chi connectivity index (χ4n) is 2.59. The van der Waals surface area contributed by atoms with Crippen LogP contribution in [0, 0.1) is 0 Å². The van der Waals surface area contributed by atoms with Gasteiger partial charge in [0, 0.05) is 24.0 Å². The normalized spacial score (nSPS) is 16.1. The molecule has 1 saturated heterocycles. The van der Waals surface area contributed by atoms with Gasteiger partial charge in [0.15, 0.2) is 0 Å². The molecule has 0 aromatic heterocycles. The third-order valence-corrected chi connectivity index (χ3v) is 4.21. The maximum Gasteiger partial charge on any atom is 0.303 e. The Morgan fingerprint density at radius 2 is 1.95 bits per heavy atom. The largest absolute Gasteiger partial charge is 0.481 e. The van der Waals surface area contributed by atoms with Crippen LogP contribution in [-0.2, 0) is 9.59 Å². The van der Waals surface area contributed by atoms with E-state index in [-0.39, 0.29) is 18.7 Å². The minimum Gasteiger partial charge on any atom is -0.481 e. The Bertz CT molecular complexity index is 496. The first-order valence-corrected chi connectivity index (χ1v) is 7.60. The molecule has 1 aliphatic rings. The molecule has 0 aliphatic carbocycles. The van der Waals surface area contributed by atoms with E-state index in [1.165, 1.54) is 5.56 Å². The Hall–Kier alpha value is -1.36. The van der Waals surface area contributed by atoms with E-state index in [4.69, 9.17) is 5.11 Å². The van der Waals surface area contributed by atoms with Gasteiger partial charge in [-0.05, 0) is 36.5 Å². The van der Waals surface area contributed by atoms with Gasteiger partial charge in [-0.1, -0.05) is 28.1 Å². The van der Waals surface area contributed by atoms with Crippen molar-refractivity contribution in [3.63, 3.8) is 0 Å². The van der Waals surface area contributed by atoms with Crippen LogP contribution in [0.2, 0.25) is 0 Å². The number of likely N-dealkylation sites (tertiary alicyclic amines) is 1. The number of hydrogen-bond donors (Lipinski definition) is 1. The molecule has 2 rings (SSSR count). The summed E-state index contributed by atoms with van der Waals surface area (Å²) >= 11 is 3.48. The number of carbonyl (C=O) groups is 2. The molecular formula is C15H18BrNO3. The monoisotopic (exact) mass is 339 g/mol. The molecule has 20 heavy (non-hydrogen) atoms. The number of rotatable bonds is 4. The van der Waals surface area contributed by atoms with Crippen molar-refractivity contribution < 1.29 is 14.7 Å². The summed E-state index contributed by atoms with van der Waals surface area (Å²) in [5.74, 6) is -0.474. The molecule has 5 heteroatoms. The molecule has 108 valence electrons. The maximum absolute atomic E-state index is 11.9. The number of halogens is 1. The lowest BCUT2D eigenvalue weighted by Gasteiger charge is -2.32. The van der Waals surface area contributed by atoms with Gasteiger partial charge in [-0.2, -0.15) is 0 Å². The van der Waals surface area contributed by atoms with Crippen LogP contribution in [0.5, 0.6) is 0 Å². The van der Waals surface area contributed by atoms with Crippen LogP contribution in [0.15, 0.2) is 28.7 Å². The highest BCUT2D eigenvalue weighted by atomic mass is 79.9. The van der Waals surface area contributed by atoms with Gasteiger partial charge in [0.1, 0.15) is 0 Å². The van der Waals surface area contributed by atoms with E-state index in [0.29, 0.717) is 5.92 Å². The van der Waals surface area contributed by atoms with E-state index in [0.717, 1.165) is 30.4 Å². The second-order valence-electron chi connectivity index (χ2n) is 5.10. The molecule has 1 heterocycles. The van der Waals surface area contributed by atoms with Crippen LogP contribution >= 0.6 is 15.9 Å². The summed E-state index contributed by atoms with van der Waals surface area (Å²) in [6, 6.07) is 8.29. The highest BCUT2D eigenvalue weighted by Crippen LogP contribution is 2.29. The van der Waals surface area contributed by atoms with Gasteiger partial charge >= 0.3 is 5.97 Å². The summed E-state index contributed by atoms with van der Waals surface area (Å²) in [7, 11) is 0. The van der Waals surface area contributed by atoms with E-state index >= 15 is 0 Å². The Labute approximate surface area is 126 Å². The molecule has 0 saturated carbocycles. The lowest BCUT2D eigenvalue weighted by Crippen LogP contribution is -2.38. The van der Waals surface area contributed by atoms with Crippen LogP contribution in [0.1, 0.15) is 37.2 Å². The van der Waals surface area contributed by atoms with Gasteiger partial charge in [-0.3, -0.25) is 9.59 Å². The summed E-state index contributed by atoms with van der Waals surface area (Å²) in [5.41, 5.74) is 1.30. The quantitative estimate of drug-likeness (QED) is 0.917. The molecule has 0 spiro atoms. The first-order valence-electron chi connectivity index (χ1n) is 6.81. The van der Waals surface area contributed by atoms with Gasteiger partial charge in [-0.25, -0.2) is 0 Å². The van der Waals surface area contributed by atoms with Crippen molar-refractivity contribution in [2.75, 3.05) is 13.1 Å².